The van der Waals surface area contributed by atoms with Crippen molar-refractivity contribution in [2.75, 3.05) is 14.2 Å². The minimum atomic E-state index is -0.629. The zero-order valence-electron chi connectivity index (χ0n) is 9.05. The molecule has 80 valence electrons. The molecule has 0 unspecified atom stereocenters. The van der Waals surface area contributed by atoms with Crippen molar-refractivity contribution < 1.29 is 19.1 Å². The topological polar surface area (TPSA) is 52.6 Å². The smallest absolute Gasteiger partial charge is 0.344 e. The van der Waals surface area contributed by atoms with Crippen LogP contribution in [-0.2, 0) is 19.1 Å². The third-order valence-electron chi connectivity index (χ3n) is 1.84. The van der Waals surface area contributed by atoms with Crippen LogP contribution < -0.4 is 0 Å². The van der Waals surface area contributed by atoms with E-state index in [2.05, 4.69) is 4.74 Å². The van der Waals surface area contributed by atoms with Crippen LogP contribution in [0.4, 0.5) is 0 Å². The second kappa shape index (κ2) is 6.18. The molecule has 0 rings (SSSR count). The normalized spacial score (nSPS) is 11.7. The van der Waals surface area contributed by atoms with Gasteiger partial charge >= 0.3 is 5.97 Å². The van der Waals surface area contributed by atoms with E-state index in [0.29, 0.717) is 12.2 Å². The monoisotopic (exact) mass is 200 g/mol. The summed E-state index contributed by atoms with van der Waals surface area (Å²) >= 11 is 0. The summed E-state index contributed by atoms with van der Waals surface area (Å²) in [5, 5.41) is 0. The summed E-state index contributed by atoms with van der Waals surface area (Å²) in [7, 11) is 2.68. The zero-order valence-corrected chi connectivity index (χ0v) is 9.05. The molecule has 4 nitrogen and oxygen atoms in total. The first-order chi connectivity index (χ1) is 6.62. The highest BCUT2D eigenvalue weighted by molar-refractivity contribution is 6.17. The molecule has 0 aromatic carbocycles. The standard InChI is InChI=1S/C10H16O4/c1-5-7(11)9(10(12)14-4)8(6-2)13-3/h5-6H2,1-4H3/b9-8+. The largest absolute Gasteiger partial charge is 0.500 e. The van der Waals surface area contributed by atoms with Crippen molar-refractivity contribution in [1.29, 1.82) is 0 Å². The second-order valence-electron chi connectivity index (χ2n) is 2.62. The first kappa shape index (κ1) is 12.7. The number of hydrogen-bond donors (Lipinski definition) is 0. The number of esters is 1. The Balaban J connectivity index is 5.16. The number of carbonyl (C=O) groups is 2. The van der Waals surface area contributed by atoms with E-state index in [1.165, 1.54) is 14.2 Å². The minimum Gasteiger partial charge on any atom is -0.500 e. The first-order valence-corrected chi connectivity index (χ1v) is 4.50. The molecule has 0 amide bonds. The Morgan fingerprint density at radius 2 is 1.57 bits per heavy atom. The van der Waals surface area contributed by atoms with E-state index < -0.39 is 5.97 Å². The molecule has 0 heterocycles. The number of ketones is 1. The van der Waals surface area contributed by atoms with Gasteiger partial charge in [-0.1, -0.05) is 13.8 Å². The number of allylic oxidation sites excluding steroid dienone is 1. The van der Waals surface area contributed by atoms with Crippen LogP contribution in [0, 0.1) is 0 Å². The number of hydrogen-bond acceptors (Lipinski definition) is 4. The molecule has 0 N–H and O–H groups in total. The zero-order chi connectivity index (χ0) is 11.1. The van der Waals surface area contributed by atoms with Gasteiger partial charge in [-0.25, -0.2) is 4.79 Å². The van der Waals surface area contributed by atoms with E-state index in [1.54, 1.807) is 6.92 Å². The van der Waals surface area contributed by atoms with Crippen molar-refractivity contribution >= 4 is 11.8 Å². The van der Waals surface area contributed by atoms with Crippen LogP contribution >= 0.6 is 0 Å². The highest BCUT2D eigenvalue weighted by atomic mass is 16.5. The van der Waals surface area contributed by atoms with Crippen molar-refractivity contribution in [1.82, 2.24) is 0 Å². The lowest BCUT2D eigenvalue weighted by Gasteiger charge is -2.09. The lowest BCUT2D eigenvalue weighted by atomic mass is 10.1. The van der Waals surface area contributed by atoms with Gasteiger partial charge in [0.05, 0.1) is 14.2 Å². The Hall–Kier alpha value is -1.32. The Morgan fingerprint density at radius 3 is 1.86 bits per heavy atom. The fourth-order valence-electron chi connectivity index (χ4n) is 1.09. The van der Waals surface area contributed by atoms with E-state index in [9.17, 15) is 9.59 Å². The third-order valence-corrected chi connectivity index (χ3v) is 1.84. The molecular weight excluding hydrogens is 184 g/mol. The summed E-state index contributed by atoms with van der Waals surface area (Å²) in [6, 6.07) is 0. The van der Waals surface area contributed by atoms with E-state index in [1.807, 2.05) is 6.92 Å². The van der Waals surface area contributed by atoms with Gasteiger partial charge in [-0.05, 0) is 0 Å². The van der Waals surface area contributed by atoms with Gasteiger partial charge in [-0.15, -0.1) is 0 Å². The fraction of sp³-hybridized carbons (Fsp3) is 0.600. The maximum Gasteiger partial charge on any atom is 0.344 e. The Morgan fingerprint density at radius 1 is 1.00 bits per heavy atom. The molecule has 4 heteroatoms. The maximum atomic E-state index is 11.4. The average molecular weight is 200 g/mol. The quantitative estimate of drug-likeness (QED) is 0.221. The van der Waals surface area contributed by atoms with E-state index in [4.69, 9.17) is 4.74 Å². The number of rotatable bonds is 5. The third kappa shape index (κ3) is 2.87. The predicted octanol–water partition coefficient (Wildman–Crippen LogP) is 1.45. The van der Waals surface area contributed by atoms with Crippen molar-refractivity contribution in [3.8, 4) is 0 Å². The summed E-state index contributed by atoms with van der Waals surface area (Å²) in [5.41, 5.74) is 0.0278. The van der Waals surface area contributed by atoms with E-state index in [0.717, 1.165) is 0 Å². The Kier molecular flexibility index (Phi) is 5.60. The van der Waals surface area contributed by atoms with Crippen LogP contribution in [0.2, 0.25) is 0 Å². The summed E-state index contributed by atoms with van der Waals surface area (Å²) < 4.78 is 9.49. The van der Waals surface area contributed by atoms with Crippen molar-refractivity contribution in [3.05, 3.63) is 11.3 Å². The van der Waals surface area contributed by atoms with Gasteiger partial charge in [0.15, 0.2) is 5.78 Å². The SMILES string of the molecule is CCC(=O)/C(C(=O)OC)=C(/CC)OC. The molecule has 0 radical (unpaired) electrons. The van der Waals surface area contributed by atoms with Gasteiger partial charge < -0.3 is 9.47 Å². The van der Waals surface area contributed by atoms with Gasteiger partial charge in [0.1, 0.15) is 11.3 Å². The van der Waals surface area contributed by atoms with Crippen LogP contribution in [0.1, 0.15) is 26.7 Å². The number of carbonyl (C=O) groups excluding carboxylic acids is 2. The van der Waals surface area contributed by atoms with Gasteiger partial charge in [0.25, 0.3) is 0 Å². The summed E-state index contributed by atoms with van der Waals surface area (Å²) in [5.74, 6) is -0.505. The van der Waals surface area contributed by atoms with Gasteiger partial charge in [-0.3, -0.25) is 4.79 Å². The van der Waals surface area contributed by atoms with E-state index in [-0.39, 0.29) is 17.8 Å². The lowest BCUT2D eigenvalue weighted by Crippen LogP contribution is -2.17. The van der Waals surface area contributed by atoms with E-state index >= 15 is 0 Å². The molecule has 0 saturated heterocycles. The molecule has 0 aromatic heterocycles. The molecule has 0 bridgehead atoms. The number of Topliss-reactive ketones (excluding diaryl/α,β-unsaturated/α-hetero) is 1. The molecule has 14 heavy (non-hydrogen) atoms. The Labute approximate surface area is 83.9 Å². The molecule has 0 aliphatic carbocycles. The molecule has 0 spiro atoms. The van der Waals surface area contributed by atoms with Crippen LogP contribution in [-0.4, -0.2) is 26.0 Å². The minimum absolute atomic E-state index is 0.0278. The lowest BCUT2D eigenvalue weighted by molar-refractivity contribution is -0.138. The van der Waals surface area contributed by atoms with Crippen LogP contribution in [0.3, 0.4) is 0 Å². The summed E-state index contributed by atoms with van der Waals surface area (Å²) in [6.45, 7) is 3.50. The van der Waals surface area contributed by atoms with Gasteiger partial charge in [-0.2, -0.15) is 0 Å². The number of ether oxygens (including phenoxy) is 2. The molecule has 0 aromatic rings. The molecule has 0 fully saturated rings. The van der Waals surface area contributed by atoms with Crippen LogP contribution in [0.15, 0.2) is 11.3 Å². The van der Waals surface area contributed by atoms with Crippen molar-refractivity contribution in [3.63, 3.8) is 0 Å². The molecular formula is C10H16O4. The highest BCUT2D eigenvalue weighted by Crippen LogP contribution is 2.13. The molecule has 0 aliphatic heterocycles. The summed E-state index contributed by atoms with van der Waals surface area (Å²) in [6.07, 6.45) is 0.754. The van der Waals surface area contributed by atoms with Crippen molar-refractivity contribution in [2.24, 2.45) is 0 Å². The molecule has 0 aliphatic rings. The maximum absolute atomic E-state index is 11.4. The van der Waals surface area contributed by atoms with Gasteiger partial charge in [0, 0.05) is 12.8 Å². The van der Waals surface area contributed by atoms with Gasteiger partial charge in [0.2, 0.25) is 0 Å². The average Bonchev–Trinajstić information content (AvgIpc) is 2.23. The number of methoxy groups -OCH3 is 2. The highest BCUT2D eigenvalue weighted by Gasteiger charge is 2.22. The molecule has 0 atom stereocenters. The van der Waals surface area contributed by atoms with Crippen molar-refractivity contribution in [2.45, 2.75) is 26.7 Å². The van der Waals surface area contributed by atoms with Crippen LogP contribution in [0.25, 0.3) is 0 Å². The second-order valence-corrected chi connectivity index (χ2v) is 2.62. The first-order valence-electron chi connectivity index (χ1n) is 4.50. The fourth-order valence-corrected chi connectivity index (χ4v) is 1.09. The summed E-state index contributed by atoms with van der Waals surface area (Å²) in [4.78, 5) is 22.7. The van der Waals surface area contributed by atoms with Crippen LogP contribution in [0.5, 0.6) is 0 Å². The predicted molar refractivity (Wildman–Crippen MR) is 51.6 cm³/mol. The Bertz CT molecular complexity index is 229. The molecule has 0 saturated carbocycles.